The standard InChI is InChI=1S/C10H11F3N2O7S/c1-21-7(17)4-15-9(18)8-6(16)2-5(3-14-8)22-23(19,20)10(11,12)13/h2-3,7,16-17H,4H2,1H3,(H,15,18). The largest absolute Gasteiger partial charge is 0.534 e. The molecular formula is C10H11F3N2O7S. The Bertz CT molecular complexity index is 678. The van der Waals surface area contributed by atoms with Crippen molar-refractivity contribution in [2.24, 2.45) is 0 Å². The maximum atomic E-state index is 12.1. The van der Waals surface area contributed by atoms with Gasteiger partial charge in [0.25, 0.3) is 5.91 Å². The number of aromatic hydroxyl groups is 1. The van der Waals surface area contributed by atoms with Crippen LogP contribution in [-0.4, -0.2) is 55.0 Å². The third kappa shape index (κ3) is 4.94. The van der Waals surface area contributed by atoms with Gasteiger partial charge in [0.15, 0.2) is 23.5 Å². The normalized spacial score (nSPS) is 13.4. The highest BCUT2D eigenvalue weighted by Gasteiger charge is 2.48. The van der Waals surface area contributed by atoms with Crippen molar-refractivity contribution in [3.05, 3.63) is 18.0 Å². The molecule has 0 aromatic carbocycles. The Kier molecular flexibility index (Phi) is 5.74. The van der Waals surface area contributed by atoms with E-state index in [4.69, 9.17) is 5.11 Å². The van der Waals surface area contributed by atoms with Crippen molar-refractivity contribution in [3.63, 3.8) is 0 Å². The van der Waals surface area contributed by atoms with Crippen LogP contribution in [0.4, 0.5) is 13.2 Å². The van der Waals surface area contributed by atoms with Crippen LogP contribution in [0.1, 0.15) is 10.5 Å². The SMILES string of the molecule is COC(O)CNC(=O)c1ncc(OS(=O)(=O)C(F)(F)F)cc1O. The maximum Gasteiger partial charge on any atom is 0.534 e. The van der Waals surface area contributed by atoms with Gasteiger partial charge < -0.3 is 24.4 Å². The van der Waals surface area contributed by atoms with Crippen molar-refractivity contribution in [2.75, 3.05) is 13.7 Å². The Morgan fingerprint density at radius 2 is 2.09 bits per heavy atom. The molecule has 0 fully saturated rings. The number of aliphatic hydroxyl groups is 1. The molecule has 0 aliphatic heterocycles. The fraction of sp³-hybridized carbons (Fsp3) is 0.400. The van der Waals surface area contributed by atoms with E-state index in [0.717, 1.165) is 0 Å². The van der Waals surface area contributed by atoms with Crippen LogP contribution in [0, 0.1) is 0 Å². The van der Waals surface area contributed by atoms with Crippen LogP contribution in [-0.2, 0) is 14.9 Å². The van der Waals surface area contributed by atoms with Gasteiger partial charge in [-0.1, -0.05) is 0 Å². The molecule has 0 aliphatic rings. The summed E-state index contributed by atoms with van der Waals surface area (Å²) in [6.07, 6.45) is -0.814. The minimum atomic E-state index is -5.93. The highest BCUT2D eigenvalue weighted by molar-refractivity contribution is 7.87. The summed E-state index contributed by atoms with van der Waals surface area (Å²) >= 11 is 0. The van der Waals surface area contributed by atoms with Crippen molar-refractivity contribution in [1.29, 1.82) is 0 Å². The van der Waals surface area contributed by atoms with Crippen LogP contribution in [0.15, 0.2) is 12.3 Å². The van der Waals surface area contributed by atoms with E-state index < -0.39 is 45.0 Å². The van der Waals surface area contributed by atoms with Gasteiger partial charge in [0, 0.05) is 13.2 Å². The maximum absolute atomic E-state index is 12.1. The van der Waals surface area contributed by atoms with E-state index >= 15 is 0 Å². The van der Waals surface area contributed by atoms with Crippen molar-refractivity contribution in [3.8, 4) is 11.5 Å². The molecule has 0 saturated heterocycles. The summed E-state index contributed by atoms with van der Waals surface area (Å²) in [7, 11) is -4.76. The van der Waals surface area contributed by atoms with E-state index in [1.165, 1.54) is 7.11 Å². The van der Waals surface area contributed by atoms with Crippen LogP contribution in [0.25, 0.3) is 0 Å². The van der Waals surface area contributed by atoms with Gasteiger partial charge >= 0.3 is 15.6 Å². The first-order valence-electron chi connectivity index (χ1n) is 5.66. The Balaban J connectivity index is 2.89. The topological polar surface area (TPSA) is 135 Å². The number of carbonyl (C=O) groups excluding carboxylic acids is 1. The van der Waals surface area contributed by atoms with Gasteiger partial charge in [0.05, 0.1) is 12.7 Å². The van der Waals surface area contributed by atoms with Gasteiger partial charge in [-0.15, -0.1) is 0 Å². The van der Waals surface area contributed by atoms with Crippen molar-refractivity contribution >= 4 is 16.0 Å². The molecule has 1 atom stereocenters. The molecule has 23 heavy (non-hydrogen) atoms. The molecule has 1 aromatic heterocycles. The molecule has 0 saturated carbocycles. The van der Waals surface area contributed by atoms with Crippen LogP contribution in [0.3, 0.4) is 0 Å². The average Bonchev–Trinajstić information content (AvgIpc) is 2.42. The van der Waals surface area contributed by atoms with Gasteiger partial charge in [-0.25, -0.2) is 4.98 Å². The zero-order chi connectivity index (χ0) is 17.8. The van der Waals surface area contributed by atoms with Gasteiger partial charge in [0.2, 0.25) is 0 Å². The van der Waals surface area contributed by atoms with Gasteiger partial charge in [-0.2, -0.15) is 21.6 Å². The minimum Gasteiger partial charge on any atom is -0.505 e. The van der Waals surface area contributed by atoms with Gasteiger partial charge in [-0.3, -0.25) is 4.79 Å². The van der Waals surface area contributed by atoms with Crippen molar-refractivity contribution in [1.82, 2.24) is 10.3 Å². The lowest BCUT2D eigenvalue weighted by molar-refractivity contribution is -0.0695. The molecule has 3 N–H and O–H groups in total. The summed E-state index contributed by atoms with van der Waals surface area (Å²) in [6, 6.07) is 0.470. The lowest BCUT2D eigenvalue weighted by Crippen LogP contribution is -2.33. The third-order valence-corrected chi connectivity index (χ3v) is 3.24. The number of alkyl halides is 3. The van der Waals surface area contributed by atoms with Crippen LogP contribution < -0.4 is 9.50 Å². The molecule has 1 unspecified atom stereocenters. The van der Waals surface area contributed by atoms with E-state index in [2.05, 4.69) is 19.2 Å². The van der Waals surface area contributed by atoms with Crippen LogP contribution in [0.5, 0.6) is 11.5 Å². The molecule has 1 heterocycles. The molecule has 9 nitrogen and oxygen atoms in total. The number of rotatable bonds is 6. The first-order chi connectivity index (χ1) is 10.5. The number of aromatic nitrogens is 1. The number of nitrogens with zero attached hydrogens (tertiary/aromatic N) is 1. The number of hydrogen-bond acceptors (Lipinski definition) is 8. The number of aliphatic hydroxyl groups excluding tert-OH is 1. The first kappa shape index (κ1) is 18.9. The predicted octanol–water partition coefficient (Wildman–Crippen LogP) is -0.290. The van der Waals surface area contributed by atoms with Crippen molar-refractivity contribution < 1.29 is 45.5 Å². The molecule has 1 rings (SSSR count). The summed E-state index contributed by atoms with van der Waals surface area (Å²) in [6.45, 7) is -0.350. The Morgan fingerprint density at radius 1 is 1.48 bits per heavy atom. The number of amides is 1. The number of pyridine rings is 1. The number of nitrogens with one attached hydrogen (secondary N) is 1. The third-order valence-electron chi connectivity index (χ3n) is 2.26. The quantitative estimate of drug-likeness (QED) is 0.358. The molecule has 0 aliphatic carbocycles. The highest BCUT2D eigenvalue weighted by Crippen LogP contribution is 2.28. The second-order valence-electron chi connectivity index (χ2n) is 3.92. The average molecular weight is 360 g/mol. The van der Waals surface area contributed by atoms with E-state index in [0.29, 0.717) is 12.3 Å². The Labute approximate surface area is 127 Å². The fourth-order valence-electron chi connectivity index (χ4n) is 1.18. The van der Waals surface area contributed by atoms with E-state index in [1.54, 1.807) is 0 Å². The molecule has 0 bridgehead atoms. The summed E-state index contributed by atoms with van der Waals surface area (Å²) in [5.74, 6) is -2.85. The zero-order valence-corrected chi connectivity index (χ0v) is 12.2. The molecule has 0 spiro atoms. The number of methoxy groups -OCH3 is 1. The van der Waals surface area contributed by atoms with Crippen LogP contribution in [0.2, 0.25) is 0 Å². The second kappa shape index (κ2) is 6.97. The number of halogens is 3. The zero-order valence-electron chi connectivity index (χ0n) is 11.4. The smallest absolute Gasteiger partial charge is 0.505 e. The Morgan fingerprint density at radius 3 is 2.57 bits per heavy atom. The first-order valence-corrected chi connectivity index (χ1v) is 7.07. The van der Waals surface area contributed by atoms with E-state index in [9.17, 15) is 31.5 Å². The summed E-state index contributed by atoms with van der Waals surface area (Å²) in [5, 5.41) is 20.7. The summed E-state index contributed by atoms with van der Waals surface area (Å²) in [4.78, 5) is 14.9. The molecular weight excluding hydrogens is 349 g/mol. The van der Waals surface area contributed by atoms with Crippen molar-refractivity contribution in [2.45, 2.75) is 11.8 Å². The Hall–Kier alpha value is -2.12. The second-order valence-corrected chi connectivity index (χ2v) is 5.46. The summed E-state index contributed by atoms with van der Waals surface area (Å²) < 4.78 is 66.2. The van der Waals surface area contributed by atoms with E-state index in [1.807, 2.05) is 0 Å². The molecule has 13 heteroatoms. The minimum absolute atomic E-state index is 0.350. The van der Waals surface area contributed by atoms with Gasteiger partial charge in [-0.05, 0) is 0 Å². The summed E-state index contributed by atoms with van der Waals surface area (Å²) in [5.41, 5.74) is -6.28. The molecule has 1 aromatic rings. The lowest BCUT2D eigenvalue weighted by Gasteiger charge is -2.11. The molecule has 1 amide bonds. The number of carbonyl (C=O) groups is 1. The van der Waals surface area contributed by atoms with Crippen LogP contribution >= 0.6 is 0 Å². The lowest BCUT2D eigenvalue weighted by atomic mass is 10.3. The number of ether oxygens (including phenoxy) is 1. The predicted molar refractivity (Wildman–Crippen MR) is 66.9 cm³/mol. The van der Waals surface area contributed by atoms with Gasteiger partial charge in [0.1, 0.15) is 0 Å². The number of hydrogen-bond donors (Lipinski definition) is 3. The highest BCUT2D eigenvalue weighted by atomic mass is 32.2. The molecule has 130 valence electrons. The fourth-order valence-corrected chi connectivity index (χ4v) is 1.62. The monoisotopic (exact) mass is 360 g/mol. The molecule has 0 radical (unpaired) electrons. The van der Waals surface area contributed by atoms with E-state index in [-0.39, 0.29) is 6.54 Å².